The number of carbonyl (C=O) groups is 1. The minimum atomic E-state index is -0.713. The van der Waals surface area contributed by atoms with Gasteiger partial charge in [0.2, 0.25) is 0 Å². The number of nitrogens with one attached hydrogen (secondary N) is 1. The molecule has 0 bridgehead atoms. The van der Waals surface area contributed by atoms with Crippen LogP contribution in [0.3, 0.4) is 0 Å². The van der Waals surface area contributed by atoms with E-state index in [0.717, 1.165) is 15.7 Å². The maximum atomic E-state index is 12.7. The molecular weight excluding hydrogens is 422 g/mol. The third kappa shape index (κ3) is 5.23. The molecule has 8 nitrogen and oxygen atoms in total. The molecule has 0 fully saturated rings. The molecule has 1 amide bonds. The van der Waals surface area contributed by atoms with Gasteiger partial charge >= 0.3 is 0 Å². The summed E-state index contributed by atoms with van der Waals surface area (Å²) in [6.07, 6.45) is -0.713. The summed E-state index contributed by atoms with van der Waals surface area (Å²) in [5.41, 5.74) is 3.11. The Morgan fingerprint density at radius 2 is 1.79 bits per heavy atom. The van der Waals surface area contributed by atoms with E-state index in [1.807, 2.05) is 50.2 Å². The molecule has 0 aliphatic rings. The van der Waals surface area contributed by atoms with Gasteiger partial charge in [-0.2, -0.15) is 0 Å². The molecule has 0 spiro atoms. The van der Waals surface area contributed by atoms with Gasteiger partial charge < -0.3 is 19.3 Å². The van der Waals surface area contributed by atoms with Crippen molar-refractivity contribution in [3.05, 3.63) is 87.5 Å². The fourth-order valence-corrected chi connectivity index (χ4v) is 3.26. The van der Waals surface area contributed by atoms with Crippen molar-refractivity contribution in [2.24, 2.45) is 0 Å². The number of benzene rings is 2. The average molecular weight is 447 g/mol. The van der Waals surface area contributed by atoms with Crippen LogP contribution in [0.5, 0.6) is 11.5 Å². The first-order valence-corrected chi connectivity index (χ1v) is 10.6. The first-order chi connectivity index (χ1) is 15.8. The van der Waals surface area contributed by atoms with E-state index in [1.54, 1.807) is 26.0 Å². The summed E-state index contributed by atoms with van der Waals surface area (Å²) < 4.78 is 18.1. The summed E-state index contributed by atoms with van der Waals surface area (Å²) in [6, 6.07) is 16.0. The minimum Gasteiger partial charge on any atom is -0.485 e. The first-order valence-electron chi connectivity index (χ1n) is 10.6. The summed E-state index contributed by atoms with van der Waals surface area (Å²) in [4.78, 5) is 29.4. The standard InChI is InChI=1S/C25H25N3O5/c1-15-5-8-20(9-6-15)32-18(4)25(30)27-21-10-7-16(2)11-22(21)31-14-19-13-24(29)28-23(26-19)12-17(3)33-28/h5-13,18H,14H2,1-4H3,(H,27,30)/t18-/m0/s1. The van der Waals surface area contributed by atoms with Crippen LogP contribution in [0.4, 0.5) is 5.69 Å². The summed E-state index contributed by atoms with van der Waals surface area (Å²) in [7, 11) is 0. The predicted octanol–water partition coefficient (Wildman–Crippen LogP) is 4.20. The predicted molar refractivity (Wildman–Crippen MR) is 124 cm³/mol. The third-order valence-corrected chi connectivity index (χ3v) is 5.00. The Kier molecular flexibility index (Phi) is 6.17. The van der Waals surface area contributed by atoms with Crippen molar-refractivity contribution in [2.45, 2.75) is 40.4 Å². The highest BCUT2D eigenvalue weighted by Crippen LogP contribution is 2.27. The van der Waals surface area contributed by atoms with E-state index in [9.17, 15) is 9.59 Å². The van der Waals surface area contributed by atoms with Gasteiger partial charge in [-0.05, 0) is 57.5 Å². The van der Waals surface area contributed by atoms with Crippen LogP contribution in [0, 0.1) is 20.8 Å². The van der Waals surface area contributed by atoms with Crippen LogP contribution in [0.25, 0.3) is 5.65 Å². The molecule has 0 unspecified atom stereocenters. The minimum absolute atomic E-state index is 0.0533. The maximum Gasteiger partial charge on any atom is 0.287 e. The third-order valence-electron chi connectivity index (χ3n) is 5.00. The maximum absolute atomic E-state index is 12.7. The van der Waals surface area contributed by atoms with Gasteiger partial charge in [-0.25, -0.2) is 4.98 Å². The van der Waals surface area contributed by atoms with Crippen LogP contribution >= 0.6 is 0 Å². The molecule has 170 valence electrons. The van der Waals surface area contributed by atoms with Crippen molar-refractivity contribution in [1.29, 1.82) is 0 Å². The van der Waals surface area contributed by atoms with Crippen molar-refractivity contribution >= 4 is 17.2 Å². The second kappa shape index (κ2) is 9.20. The summed E-state index contributed by atoms with van der Waals surface area (Å²) >= 11 is 0. The lowest BCUT2D eigenvalue weighted by molar-refractivity contribution is -0.122. The number of fused-ring (bicyclic) bond motifs is 1. The summed E-state index contributed by atoms with van der Waals surface area (Å²) in [5.74, 6) is 1.36. The number of carbonyl (C=O) groups excluding carboxylic acids is 1. The van der Waals surface area contributed by atoms with Crippen LogP contribution in [-0.4, -0.2) is 21.6 Å². The van der Waals surface area contributed by atoms with Crippen LogP contribution in [0.15, 0.2) is 63.9 Å². The van der Waals surface area contributed by atoms with Gasteiger partial charge in [0.15, 0.2) is 11.8 Å². The van der Waals surface area contributed by atoms with E-state index >= 15 is 0 Å². The molecule has 2 aromatic carbocycles. The van der Waals surface area contributed by atoms with Crippen molar-refractivity contribution in [3.63, 3.8) is 0 Å². The van der Waals surface area contributed by atoms with Crippen LogP contribution in [-0.2, 0) is 11.4 Å². The molecule has 2 aromatic heterocycles. The van der Waals surface area contributed by atoms with Gasteiger partial charge in [0.1, 0.15) is 23.9 Å². The molecule has 33 heavy (non-hydrogen) atoms. The number of rotatable bonds is 7. The molecular formula is C25H25N3O5. The highest BCUT2D eigenvalue weighted by atomic mass is 16.5. The number of ether oxygens (including phenoxy) is 2. The van der Waals surface area contributed by atoms with E-state index in [-0.39, 0.29) is 18.1 Å². The lowest BCUT2D eigenvalue weighted by Crippen LogP contribution is -2.30. The number of anilines is 1. The fourth-order valence-electron chi connectivity index (χ4n) is 3.26. The number of amides is 1. The highest BCUT2D eigenvalue weighted by molar-refractivity contribution is 5.95. The number of hydrogen-bond acceptors (Lipinski definition) is 6. The zero-order chi connectivity index (χ0) is 23.5. The van der Waals surface area contributed by atoms with Gasteiger partial charge in [-0.1, -0.05) is 23.8 Å². The van der Waals surface area contributed by atoms with E-state index in [1.165, 1.54) is 6.07 Å². The number of aryl methyl sites for hydroxylation is 3. The SMILES string of the molecule is Cc1ccc(O[C@@H](C)C(=O)Nc2ccc(C)cc2OCc2cc(=O)n3oc(C)cc3n2)cc1. The molecule has 4 rings (SSSR count). The van der Waals surface area contributed by atoms with E-state index in [4.69, 9.17) is 14.0 Å². The molecule has 4 aromatic rings. The Balaban J connectivity index is 1.47. The Labute approximate surface area is 190 Å². The first kappa shape index (κ1) is 22.1. The Morgan fingerprint density at radius 1 is 1.06 bits per heavy atom. The number of nitrogens with zero attached hydrogens (tertiary/aromatic N) is 2. The van der Waals surface area contributed by atoms with E-state index in [2.05, 4.69) is 10.3 Å². The van der Waals surface area contributed by atoms with Crippen LogP contribution < -0.4 is 20.3 Å². The second-order valence-electron chi connectivity index (χ2n) is 7.94. The van der Waals surface area contributed by atoms with Gasteiger partial charge in [0.25, 0.3) is 11.5 Å². The number of aromatic nitrogens is 2. The van der Waals surface area contributed by atoms with Crippen molar-refractivity contribution < 1.29 is 18.8 Å². The molecule has 0 aliphatic heterocycles. The monoisotopic (exact) mass is 447 g/mol. The lowest BCUT2D eigenvalue weighted by atomic mass is 10.2. The molecule has 0 saturated carbocycles. The van der Waals surface area contributed by atoms with Crippen LogP contribution in [0.2, 0.25) is 0 Å². The van der Waals surface area contributed by atoms with E-state index in [0.29, 0.717) is 34.3 Å². The quantitative estimate of drug-likeness (QED) is 0.456. The zero-order valence-electron chi connectivity index (χ0n) is 18.9. The average Bonchev–Trinajstić information content (AvgIpc) is 3.16. The molecule has 8 heteroatoms. The van der Waals surface area contributed by atoms with Gasteiger partial charge in [-0.3, -0.25) is 9.59 Å². The second-order valence-corrected chi connectivity index (χ2v) is 7.94. The largest absolute Gasteiger partial charge is 0.485 e. The van der Waals surface area contributed by atoms with Gasteiger partial charge in [0, 0.05) is 12.1 Å². The molecule has 0 radical (unpaired) electrons. The highest BCUT2D eigenvalue weighted by Gasteiger charge is 2.17. The molecule has 1 atom stereocenters. The Morgan fingerprint density at radius 3 is 2.55 bits per heavy atom. The van der Waals surface area contributed by atoms with Crippen LogP contribution in [0.1, 0.15) is 29.5 Å². The summed E-state index contributed by atoms with van der Waals surface area (Å²) in [6.45, 7) is 7.39. The topological polar surface area (TPSA) is 95.1 Å². The Hall–Kier alpha value is -4.07. The molecule has 0 aliphatic carbocycles. The van der Waals surface area contributed by atoms with Gasteiger partial charge in [-0.15, -0.1) is 4.57 Å². The Bertz CT molecular complexity index is 1350. The lowest BCUT2D eigenvalue weighted by Gasteiger charge is -2.17. The number of hydrogen-bond donors (Lipinski definition) is 1. The van der Waals surface area contributed by atoms with Crippen molar-refractivity contribution in [1.82, 2.24) is 9.56 Å². The van der Waals surface area contributed by atoms with Crippen molar-refractivity contribution in [2.75, 3.05) is 5.32 Å². The van der Waals surface area contributed by atoms with Crippen molar-refractivity contribution in [3.8, 4) is 11.5 Å². The molecule has 1 N–H and O–H groups in total. The molecule has 0 saturated heterocycles. The summed E-state index contributed by atoms with van der Waals surface area (Å²) in [5, 5.41) is 2.86. The van der Waals surface area contributed by atoms with E-state index < -0.39 is 6.10 Å². The zero-order valence-corrected chi connectivity index (χ0v) is 18.9. The molecule has 2 heterocycles. The fraction of sp³-hybridized carbons (Fsp3) is 0.240. The smallest absolute Gasteiger partial charge is 0.287 e. The van der Waals surface area contributed by atoms with Gasteiger partial charge in [0.05, 0.1) is 11.4 Å². The normalized spacial score (nSPS) is 11.9.